The fraction of sp³-hybridized carbons (Fsp3) is 1.00. The van der Waals surface area contributed by atoms with Gasteiger partial charge in [-0.1, -0.05) is 13.8 Å². The minimum absolute atomic E-state index is 0.501. The van der Waals surface area contributed by atoms with Crippen molar-refractivity contribution >= 4 is 0 Å². The summed E-state index contributed by atoms with van der Waals surface area (Å²) < 4.78 is 5.51. The molecule has 3 heteroatoms. The molecular formula is C11H23NO2. The van der Waals surface area contributed by atoms with Gasteiger partial charge in [-0.05, 0) is 38.3 Å². The maximum absolute atomic E-state index is 10.1. The molecule has 0 spiro atoms. The number of ether oxygens (including phenoxy) is 1. The van der Waals surface area contributed by atoms with Crippen LogP contribution in [-0.2, 0) is 4.74 Å². The first-order valence-electron chi connectivity index (χ1n) is 5.63. The van der Waals surface area contributed by atoms with Crippen molar-refractivity contribution in [2.24, 2.45) is 5.92 Å². The second kappa shape index (κ2) is 5.69. The van der Waals surface area contributed by atoms with Gasteiger partial charge >= 0.3 is 0 Å². The molecule has 1 fully saturated rings. The molecule has 1 saturated heterocycles. The zero-order chi connectivity index (χ0) is 10.4. The van der Waals surface area contributed by atoms with Crippen LogP contribution in [-0.4, -0.2) is 37.0 Å². The van der Waals surface area contributed by atoms with Crippen LogP contribution in [0.4, 0.5) is 0 Å². The number of hydrogen-bond acceptors (Lipinski definition) is 3. The molecule has 1 rings (SSSR count). The Hall–Kier alpha value is -0.120. The summed E-state index contributed by atoms with van der Waals surface area (Å²) in [6.45, 7) is 7.45. The number of aliphatic hydroxyl groups is 1. The molecule has 14 heavy (non-hydrogen) atoms. The van der Waals surface area contributed by atoms with Crippen molar-refractivity contribution in [3.8, 4) is 0 Å². The smallest absolute Gasteiger partial charge is 0.0904 e. The molecule has 0 unspecified atom stereocenters. The first kappa shape index (κ1) is 12.0. The van der Waals surface area contributed by atoms with Gasteiger partial charge in [-0.3, -0.25) is 0 Å². The molecule has 0 aromatic heterocycles. The summed E-state index contributed by atoms with van der Waals surface area (Å²) >= 11 is 0. The minimum Gasteiger partial charge on any atom is -0.387 e. The monoisotopic (exact) mass is 201 g/mol. The van der Waals surface area contributed by atoms with E-state index in [4.69, 9.17) is 4.74 Å². The van der Waals surface area contributed by atoms with Gasteiger partial charge in [-0.15, -0.1) is 0 Å². The van der Waals surface area contributed by atoms with Crippen LogP contribution in [0.1, 0.15) is 33.1 Å². The molecule has 84 valence electrons. The second-order valence-electron chi connectivity index (χ2n) is 4.71. The van der Waals surface area contributed by atoms with Gasteiger partial charge in [0.25, 0.3) is 0 Å². The number of rotatable bonds is 5. The standard InChI is InChI=1S/C11H23NO2/c1-10(2)3-8-14-9-11(13)4-6-12-7-5-11/h10,12-13H,3-9H2,1-2H3. The van der Waals surface area contributed by atoms with E-state index >= 15 is 0 Å². The molecule has 0 aliphatic carbocycles. The van der Waals surface area contributed by atoms with E-state index in [1.807, 2.05) is 0 Å². The third-order valence-electron chi connectivity index (χ3n) is 2.74. The molecule has 0 aromatic carbocycles. The number of nitrogens with one attached hydrogen (secondary N) is 1. The highest BCUT2D eigenvalue weighted by Gasteiger charge is 2.28. The first-order chi connectivity index (χ1) is 6.62. The summed E-state index contributed by atoms with van der Waals surface area (Å²) in [5, 5.41) is 13.3. The first-order valence-corrected chi connectivity index (χ1v) is 5.63. The molecular weight excluding hydrogens is 178 g/mol. The SMILES string of the molecule is CC(C)CCOCC1(O)CCNCC1. The highest BCUT2D eigenvalue weighted by atomic mass is 16.5. The summed E-state index contributed by atoms with van der Waals surface area (Å²) in [5.41, 5.74) is -0.567. The number of piperidine rings is 1. The van der Waals surface area contributed by atoms with Gasteiger partial charge in [0.05, 0.1) is 12.2 Å². The topological polar surface area (TPSA) is 41.5 Å². The zero-order valence-electron chi connectivity index (χ0n) is 9.38. The van der Waals surface area contributed by atoms with E-state index in [1.54, 1.807) is 0 Å². The lowest BCUT2D eigenvalue weighted by Crippen LogP contribution is -2.45. The average molecular weight is 201 g/mol. The lowest BCUT2D eigenvalue weighted by Gasteiger charge is -2.32. The van der Waals surface area contributed by atoms with Gasteiger partial charge in [-0.25, -0.2) is 0 Å². The lowest BCUT2D eigenvalue weighted by atomic mass is 9.93. The van der Waals surface area contributed by atoms with Crippen molar-refractivity contribution in [2.45, 2.75) is 38.7 Å². The van der Waals surface area contributed by atoms with Crippen LogP contribution in [0, 0.1) is 5.92 Å². The van der Waals surface area contributed by atoms with Crippen molar-refractivity contribution in [3.05, 3.63) is 0 Å². The largest absolute Gasteiger partial charge is 0.387 e. The van der Waals surface area contributed by atoms with Crippen LogP contribution in [0.2, 0.25) is 0 Å². The van der Waals surface area contributed by atoms with E-state index in [1.165, 1.54) is 0 Å². The van der Waals surface area contributed by atoms with Crippen molar-refractivity contribution in [2.75, 3.05) is 26.3 Å². The Morgan fingerprint density at radius 1 is 1.36 bits per heavy atom. The highest BCUT2D eigenvalue weighted by Crippen LogP contribution is 2.18. The van der Waals surface area contributed by atoms with Crippen molar-refractivity contribution < 1.29 is 9.84 Å². The summed E-state index contributed by atoms with van der Waals surface area (Å²) in [5.74, 6) is 0.678. The number of hydrogen-bond donors (Lipinski definition) is 2. The third-order valence-corrected chi connectivity index (χ3v) is 2.74. The maximum atomic E-state index is 10.1. The van der Waals surface area contributed by atoms with Crippen molar-refractivity contribution in [1.29, 1.82) is 0 Å². The van der Waals surface area contributed by atoms with Gasteiger partial charge < -0.3 is 15.2 Å². The van der Waals surface area contributed by atoms with E-state index in [0.29, 0.717) is 12.5 Å². The molecule has 1 heterocycles. The van der Waals surface area contributed by atoms with Gasteiger partial charge in [0.15, 0.2) is 0 Å². The Bertz CT molecular complexity index is 153. The molecule has 0 saturated carbocycles. The third kappa shape index (κ3) is 4.40. The van der Waals surface area contributed by atoms with Crippen LogP contribution in [0.3, 0.4) is 0 Å². The summed E-state index contributed by atoms with van der Waals surface area (Å²) in [7, 11) is 0. The lowest BCUT2D eigenvalue weighted by molar-refractivity contribution is -0.0655. The van der Waals surface area contributed by atoms with Crippen LogP contribution in [0.15, 0.2) is 0 Å². The van der Waals surface area contributed by atoms with Crippen LogP contribution in [0.25, 0.3) is 0 Å². The van der Waals surface area contributed by atoms with E-state index in [0.717, 1.165) is 39.0 Å². The predicted molar refractivity (Wildman–Crippen MR) is 57.3 cm³/mol. The van der Waals surface area contributed by atoms with Gasteiger partial charge in [0.1, 0.15) is 0 Å². The molecule has 3 nitrogen and oxygen atoms in total. The van der Waals surface area contributed by atoms with Crippen LogP contribution < -0.4 is 5.32 Å². The second-order valence-corrected chi connectivity index (χ2v) is 4.71. The van der Waals surface area contributed by atoms with Crippen molar-refractivity contribution in [1.82, 2.24) is 5.32 Å². The summed E-state index contributed by atoms with van der Waals surface area (Å²) in [6, 6.07) is 0. The quantitative estimate of drug-likeness (QED) is 0.656. The van der Waals surface area contributed by atoms with Crippen LogP contribution in [0.5, 0.6) is 0 Å². The average Bonchev–Trinajstić information content (AvgIpc) is 2.14. The van der Waals surface area contributed by atoms with E-state index < -0.39 is 5.60 Å². The molecule has 0 radical (unpaired) electrons. The normalized spacial score (nSPS) is 21.4. The fourth-order valence-corrected chi connectivity index (χ4v) is 1.62. The molecule has 1 aliphatic heterocycles. The van der Waals surface area contributed by atoms with Gasteiger partial charge in [-0.2, -0.15) is 0 Å². The van der Waals surface area contributed by atoms with E-state index in [-0.39, 0.29) is 0 Å². The highest BCUT2D eigenvalue weighted by molar-refractivity contribution is 4.83. The molecule has 0 bridgehead atoms. The Kier molecular flexibility index (Phi) is 4.85. The fourth-order valence-electron chi connectivity index (χ4n) is 1.62. The van der Waals surface area contributed by atoms with E-state index in [2.05, 4.69) is 19.2 Å². The molecule has 0 amide bonds. The van der Waals surface area contributed by atoms with Crippen molar-refractivity contribution in [3.63, 3.8) is 0 Å². The van der Waals surface area contributed by atoms with Gasteiger partial charge in [0, 0.05) is 6.61 Å². The molecule has 0 atom stereocenters. The van der Waals surface area contributed by atoms with Crippen LogP contribution >= 0.6 is 0 Å². The Labute approximate surface area is 86.8 Å². The zero-order valence-corrected chi connectivity index (χ0v) is 9.38. The minimum atomic E-state index is -0.567. The summed E-state index contributed by atoms with van der Waals surface area (Å²) in [6.07, 6.45) is 2.71. The summed E-state index contributed by atoms with van der Waals surface area (Å²) in [4.78, 5) is 0. The Morgan fingerprint density at radius 3 is 2.57 bits per heavy atom. The van der Waals surface area contributed by atoms with E-state index in [9.17, 15) is 5.11 Å². The molecule has 0 aromatic rings. The Morgan fingerprint density at radius 2 is 2.00 bits per heavy atom. The Balaban J connectivity index is 2.09. The molecule has 2 N–H and O–H groups in total. The predicted octanol–water partition coefficient (Wildman–Crippen LogP) is 1.16. The van der Waals surface area contributed by atoms with Gasteiger partial charge in [0.2, 0.25) is 0 Å². The molecule has 1 aliphatic rings. The maximum Gasteiger partial charge on any atom is 0.0904 e.